The van der Waals surface area contributed by atoms with E-state index in [1.807, 2.05) is 0 Å². The van der Waals surface area contributed by atoms with Gasteiger partial charge in [-0.2, -0.15) is 0 Å². The van der Waals surface area contributed by atoms with Crippen molar-refractivity contribution in [2.45, 2.75) is 31.7 Å². The number of hydrogen-bond donors (Lipinski definition) is 1. The predicted octanol–water partition coefficient (Wildman–Crippen LogP) is 1.83. The maximum Gasteiger partial charge on any atom is 0.328 e. The highest BCUT2D eigenvalue weighted by atomic mass is 19.1. The number of esters is 1. The molecule has 0 saturated carbocycles. The van der Waals surface area contributed by atoms with E-state index in [-0.39, 0.29) is 18.1 Å². The Hall–Kier alpha value is -2.35. The molecule has 112 valence electrons. The number of unbranched alkanes of at least 4 members (excludes halogenated alkanes) is 1. The van der Waals surface area contributed by atoms with Crippen molar-refractivity contribution < 1.29 is 18.7 Å². The summed E-state index contributed by atoms with van der Waals surface area (Å²) in [6.45, 7) is 0. The molecule has 1 N–H and O–H groups in total. The zero-order chi connectivity index (χ0) is 15.7. The smallest absolute Gasteiger partial charge is 0.328 e. The number of rotatable bonds is 7. The Balaban J connectivity index is 2.56. The minimum Gasteiger partial charge on any atom is -0.467 e. The summed E-state index contributed by atoms with van der Waals surface area (Å²) in [7, 11) is 1.27. The first-order valence-electron chi connectivity index (χ1n) is 6.62. The summed E-state index contributed by atoms with van der Waals surface area (Å²) in [4.78, 5) is 23.5. The van der Waals surface area contributed by atoms with Gasteiger partial charge in [0.25, 0.3) is 0 Å². The van der Waals surface area contributed by atoms with Crippen LogP contribution in [0.25, 0.3) is 0 Å². The van der Waals surface area contributed by atoms with Crippen molar-refractivity contribution in [3.63, 3.8) is 0 Å². The van der Waals surface area contributed by atoms with Crippen molar-refractivity contribution in [1.82, 2.24) is 5.32 Å². The number of nitrogens with one attached hydrogen (secondary N) is 1. The van der Waals surface area contributed by atoms with Crippen molar-refractivity contribution in [3.05, 3.63) is 35.6 Å². The average molecular weight is 291 g/mol. The zero-order valence-corrected chi connectivity index (χ0v) is 11.9. The second-order valence-electron chi connectivity index (χ2n) is 4.54. The van der Waals surface area contributed by atoms with Gasteiger partial charge in [0.2, 0.25) is 5.91 Å². The van der Waals surface area contributed by atoms with Gasteiger partial charge in [-0.05, 0) is 30.5 Å². The summed E-state index contributed by atoms with van der Waals surface area (Å²) in [6, 6.07) is 4.91. The molecule has 5 heteroatoms. The van der Waals surface area contributed by atoms with Gasteiger partial charge < -0.3 is 10.1 Å². The summed E-state index contributed by atoms with van der Waals surface area (Å²) in [5, 5.41) is 2.61. The van der Waals surface area contributed by atoms with Crippen molar-refractivity contribution in [1.29, 1.82) is 0 Å². The first kappa shape index (κ1) is 16.7. The summed E-state index contributed by atoms with van der Waals surface area (Å²) in [5.41, 5.74) is 0.668. The molecule has 0 aliphatic heterocycles. The maximum atomic E-state index is 12.8. The molecule has 1 atom stereocenters. The highest BCUT2D eigenvalue weighted by Gasteiger charge is 2.20. The normalized spacial score (nSPS) is 11.3. The fourth-order valence-electron chi connectivity index (χ4n) is 1.83. The van der Waals surface area contributed by atoms with Gasteiger partial charge in [-0.1, -0.05) is 12.1 Å². The summed E-state index contributed by atoms with van der Waals surface area (Å²) >= 11 is 0. The van der Waals surface area contributed by atoms with Crippen LogP contribution in [0.5, 0.6) is 0 Å². The molecule has 0 aromatic heterocycles. The number of amides is 1. The van der Waals surface area contributed by atoms with Gasteiger partial charge in [0.1, 0.15) is 11.9 Å². The minimum absolute atomic E-state index is 0.0723. The molecule has 21 heavy (non-hydrogen) atoms. The van der Waals surface area contributed by atoms with Crippen LogP contribution in [0.2, 0.25) is 0 Å². The number of carbonyl (C=O) groups is 2. The molecule has 1 aromatic carbocycles. The second-order valence-corrected chi connectivity index (χ2v) is 4.54. The van der Waals surface area contributed by atoms with Crippen LogP contribution in [-0.4, -0.2) is 25.0 Å². The Morgan fingerprint density at radius 2 is 2.05 bits per heavy atom. The molecule has 1 rings (SSSR count). The van der Waals surface area contributed by atoms with Crippen LogP contribution in [0.4, 0.5) is 4.39 Å². The van der Waals surface area contributed by atoms with Gasteiger partial charge in [0.15, 0.2) is 0 Å². The van der Waals surface area contributed by atoms with Crippen LogP contribution >= 0.6 is 0 Å². The van der Waals surface area contributed by atoms with E-state index in [0.717, 1.165) is 0 Å². The molecule has 4 nitrogen and oxygen atoms in total. The number of carbonyl (C=O) groups excluding carboxylic acids is 2. The molecule has 0 fully saturated rings. The minimum atomic E-state index is -0.712. The molecule has 0 unspecified atom stereocenters. The Labute approximate surface area is 123 Å². The zero-order valence-electron chi connectivity index (χ0n) is 11.9. The van der Waals surface area contributed by atoms with E-state index in [2.05, 4.69) is 16.0 Å². The lowest BCUT2D eigenvalue weighted by Crippen LogP contribution is -2.42. The molecule has 1 aromatic rings. The largest absolute Gasteiger partial charge is 0.467 e. The molecule has 0 aliphatic rings. The lowest BCUT2D eigenvalue weighted by molar-refractivity contribution is -0.145. The maximum absolute atomic E-state index is 12.8. The molecule has 0 radical (unpaired) electrons. The van der Waals surface area contributed by atoms with E-state index in [9.17, 15) is 14.0 Å². The van der Waals surface area contributed by atoms with Gasteiger partial charge in [-0.3, -0.25) is 4.79 Å². The van der Waals surface area contributed by atoms with E-state index < -0.39 is 12.0 Å². The fraction of sp³-hybridized carbons (Fsp3) is 0.375. The molecule has 0 bridgehead atoms. The Bertz CT molecular complexity index is 519. The highest BCUT2D eigenvalue weighted by molar-refractivity contribution is 5.85. The van der Waals surface area contributed by atoms with Gasteiger partial charge >= 0.3 is 5.97 Å². The van der Waals surface area contributed by atoms with Crippen LogP contribution < -0.4 is 5.32 Å². The number of ether oxygens (including phenoxy) is 1. The van der Waals surface area contributed by atoms with Gasteiger partial charge in [-0.25, -0.2) is 9.18 Å². The number of terminal acetylenes is 1. The molecular formula is C16H18FNO3. The topological polar surface area (TPSA) is 55.4 Å². The third-order valence-electron chi connectivity index (χ3n) is 2.91. The van der Waals surface area contributed by atoms with Crippen LogP contribution in [-0.2, 0) is 20.7 Å². The van der Waals surface area contributed by atoms with E-state index >= 15 is 0 Å². The Morgan fingerprint density at radius 3 is 2.62 bits per heavy atom. The molecular weight excluding hydrogens is 273 g/mol. The number of benzene rings is 1. The highest BCUT2D eigenvalue weighted by Crippen LogP contribution is 2.06. The quantitative estimate of drug-likeness (QED) is 0.474. The Morgan fingerprint density at radius 1 is 1.38 bits per heavy atom. The van der Waals surface area contributed by atoms with E-state index in [1.54, 1.807) is 0 Å². The van der Waals surface area contributed by atoms with E-state index in [0.29, 0.717) is 24.8 Å². The first-order chi connectivity index (χ1) is 10.1. The molecule has 0 spiro atoms. The second kappa shape index (κ2) is 8.75. The van der Waals surface area contributed by atoms with Gasteiger partial charge in [-0.15, -0.1) is 12.3 Å². The van der Waals surface area contributed by atoms with E-state index in [1.165, 1.54) is 31.4 Å². The third-order valence-corrected chi connectivity index (χ3v) is 2.91. The fourth-order valence-corrected chi connectivity index (χ4v) is 1.83. The summed E-state index contributed by atoms with van der Waals surface area (Å²) in [5.74, 6) is 1.30. The molecule has 0 heterocycles. The van der Waals surface area contributed by atoms with Crippen molar-refractivity contribution in [2.24, 2.45) is 0 Å². The standard InChI is InChI=1S/C16H18FNO3/c1-3-4-5-6-14(16(20)21-2)18-15(19)11-12-7-9-13(17)10-8-12/h1,7-10,14H,4-6,11H2,2H3,(H,18,19)/t14-/m0/s1. The average Bonchev–Trinajstić information content (AvgIpc) is 2.48. The van der Waals surface area contributed by atoms with Gasteiger partial charge in [0, 0.05) is 6.42 Å². The third kappa shape index (κ3) is 6.09. The summed E-state index contributed by atoms with van der Waals surface area (Å²) in [6.07, 6.45) is 6.80. The molecule has 1 amide bonds. The van der Waals surface area contributed by atoms with Crippen LogP contribution in [0.1, 0.15) is 24.8 Å². The summed E-state index contributed by atoms with van der Waals surface area (Å²) < 4.78 is 17.4. The lowest BCUT2D eigenvalue weighted by Gasteiger charge is -2.16. The monoisotopic (exact) mass is 291 g/mol. The molecule has 0 saturated heterocycles. The van der Waals surface area contributed by atoms with Crippen LogP contribution in [0.3, 0.4) is 0 Å². The van der Waals surface area contributed by atoms with Crippen LogP contribution in [0, 0.1) is 18.2 Å². The number of hydrogen-bond acceptors (Lipinski definition) is 3. The number of methoxy groups -OCH3 is 1. The van der Waals surface area contributed by atoms with Crippen molar-refractivity contribution in [2.75, 3.05) is 7.11 Å². The van der Waals surface area contributed by atoms with Gasteiger partial charge in [0.05, 0.1) is 13.5 Å². The van der Waals surface area contributed by atoms with Crippen molar-refractivity contribution in [3.8, 4) is 12.3 Å². The lowest BCUT2D eigenvalue weighted by atomic mass is 10.1. The molecule has 0 aliphatic carbocycles. The van der Waals surface area contributed by atoms with Crippen molar-refractivity contribution >= 4 is 11.9 Å². The number of halogens is 1. The predicted molar refractivity (Wildman–Crippen MR) is 76.7 cm³/mol. The Kier molecular flexibility index (Phi) is 6.96. The van der Waals surface area contributed by atoms with E-state index in [4.69, 9.17) is 6.42 Å². The SMILES string of the molecule is C#CCCC[C@H](NC(=O)Cc1ccc(F)cc1)C(=O)OC. The first-order valence-corrected chi connectivity index (χ1v) is 6.62. The van der Waals surface area contributed by atoms with Crippen LogP contribution in [0.15, 0.2) is 24.3 Å².